The minimum atomic E-state index is -0.0257. The molecule has 1 aliphatic rings. The summed E-state index contributed by atoms with van der Waals surface area (Å²) in [5, 5.41) is 5.51. The molecule has 1 aromatic heterocycles. The van der Waals surface area contributed by atoms with Gasteiger partial charge < -0.3 is 4.90 Å². The van der Waals surface area contributed by atoms with Crippen LogP contribution in [-0.2, 0) is 11.2 Å². The molecule has 78 valence electrons. The molecule has 0 spiro atoms. The van der Waals surface area contributed by atoms with Gasteiger partial charge in [-0.3, -0.25) is 4.79 Å². The van der Waals surface area contributed by atoms with Gasteiger partial charge in [-0.15, -0.1) is 11.3 Å². The molecule has 2 heterocycles. The Labute approximate surface area is 90.9 Å². The molecule has 0 N–H and O–H groups in total. The van der Waals surface area contributed by atoms with E-state index in [1.807, 2.05) is 17.5 Å². The van der Waals surface area contributed by atoms with Gasteiger partial charge in [-0.1, -0.05) is 11.2 Å². The lowest BCUT2D eigenvalue weighted by Crippen LogP contribution is -2.52. The minimum absolute atomic E-state index is 0.0257. The molecular weight excluding hydrogens is 212 g/mol. The van der Waals surface area contributed by atoms with Crippen LogP contribution in [0, 0.1) is 0 Å². The van der Waals surface area contributed by atoms with Crippen LogP contribution in [0.4, 0.5) is 0 Å². The molecule has 5 nitrogen and oxygen atoms in total. The third kappa shape index (κ3) is 2.29. The van der Waals surface area contributed by atoms with Gasteiger partial charge in [-0.25, -0.2) is 0 Å². The van der Waals surface area contributed by atoms with E-state index in [2.05, 4.69) is 10.0 Å². The zero-order valence-electron chi connectivity index (χ0n) is 8.04. The van der Waals surface area contributed by atoms with Crippen LogP contribution in [0.2, 0.25) is 0 Å². The Morgan fingerprint density at radius 1 is 1.73 bits per heavy atom. The molecule has 0 saturated carbocycles. The van der Waals surface area contributed by atoms with Gasteiger partial charge in [0.15, 0.2) is 0 Å². The van der Waals surface area contributed by atoms with Crippen LogP contribution in [0.5, 0.6) is 0 Å². The Kier molecular flexibility index (Phi) is 2.89. The van der Waals surface area contributed by atoms with E-state index in [1.165, 1.54) is 0 Å². The van der Waals surface area contributed by atoms with Crippen molar-refractivity contribution in [1.29, 1.82) is 0 Å². The van der Waals surface area contributed by atoms with E-state index in [9.17, 15) is 4.79 Å². The number of carbonyl (C=O) groups is 1. The molecule has 1 aromatic rings. The van der Waals surface area contributed by atoms with E-state index in [0.29, 0.717) is 19.5 Å². The number of likely N-dealkylation sites (tertiary alicyclic amines) is 1. The summed E-state index contributed by atoms with van der Waals surface area (Å²) in [5.41, 5.74) is 8.19. The van der Waals surface area contributed by atoms with Crippen molar-refractivity contribution in [3.05, 3.63) is 32.8 Å². The average molecular weight is 222 g/mol. The molecule has 0 atom stereocenters. The lowest BCUT2D eigenvalue weighted by Gasteiger charge is -2.36. The number of carbonyl (C=O) groups excluding carboxylic acids is 1. The number of nitrogens with zero attached hydrogens (tertiary/aromatic N) is 4. The summed E-state index contributed by atoms with van der Waals surface area (Å²) in [6, 6.07) is 3.86. The van der Waals surface area contributed by atoms with Crippen molar-refractivity contribution in [3.8, 4) is 0 Å². The predicted molar refractivity (Wildman–Crippen MR) is 57.5 cm³/mol. The molecule has 0 radical (unpaired) electrons. The molecule has 2 rings (SSSR count). The maximum absolute atomic E-state index is 11.6. The zero-order valence-corrected chi connectivity index (χ0v) is 8.85. The highest BCUT2D eigenvalue weighted by Gasteiger charge is 2.29. The second kappa shape index (κ2) is 4.33. The van der Waals surface area contributed by atoms with Crippen molar-refractivity contribution >= 4 is 17.2 Å². The van der Waals surface area contributed by atoms with Gasteiger partial charge in [0.2, 0.25) is 5.91 Å². The van der Waals surface area contributed by atoms with Gasteiger partial charge in [0.05, 0.1) is 12.5 Å². The third-order valence-corrected chi connectivity index (χ3v) is 3.21. The number of hydrogen-bond donors (Lipinski definition) is 0. The van der Waals surface area contributed by atoms with Crippen LogP contribution in [0.25, 0.3) is 10.4 Å². The van der Waals surface area contributed by atoms with Crippen LogP contribution in [0.15, 0.2) is 22.6 Å². The highest BCUT2D eigenvalue weighted by atomic mass is 32.1. The van der Waals surface area contributed by atoms with Crippen LogP contribution in [0.3, 0.4) is 0 Å². The van der Waals surface area contributed by atoms with Crippen LogP contribution >= 0.6 is 11.3 Å². The third-order valence-electron chi connectivity index (χ3n) is 2.34. The Hall–Kier alpha value is -1.52. The number of amides is 1. The van der Waals surface area contributed by atoms with Gasteiger partial charge in [0, 0.05) is 22.9 Å². The summed E-state index contributed by atoms with van der Waals surface area (Å²) in [6.45, 7) is 1.13. The van der Waals surface area contributed by atoms with Crippen molar-refractivity contribution in [1.82, 2.24) is 4.90 Å². The standard InChI is InChI=1S/C9H10N4OS/c10-12-11-7-5-13(6-7)9(14)4-8-2-1-3-15-8/h1-3,7H,4-6H2. The maximum atomic E-state index is 11.6. The summed E-state index contributed by atoms with van der Waals surface area (Å²) in [4.78, 5) is 17.2. The lowest BCUT2D eigenvalue weighted by atomic mass is 10.1. The van der Waals surface area contributed by atoms with Crippen molar-refractivity contribution in [2.24, 2.45) is 5.11 Å². The van der Waals surface area contributed by atoms with Crippen LogP contribution < -0.4 is 0 Å². The Morgan fingerprint density at radius 2 is 2.53 bits per heavy atom. The second-order valence-electron chi connectivity index (χ2n) is 3.41. The quantitative estimate of drug-likeness (QED) is 0.437. The first-order chi connectivity index (χ1) is 7.29. The van der Waals surface area contributed by atoms with Crippen LogP contribution in [-0.4, -0.2) is 29.9 Å². The molecule has 1 fully saturated rings. The first kappa shape index (κ1) is 10.0. The number of azide groups is 1. The highest BCUT2D eigenvalue weighted by Crippen LogP contribution is 2.16. The summed E-state index contributed by atoms with van der Waals surface area (Å²) >= 11 is 1.58. The molecule has 15 heavy (non-hydrogen) atoms. The van der Waals surface area contributed by atoms with Gasteiger partial charge in [-0.2, -0.15) is 0 Å². The lowest BCUT2D eigenvalue weighted by molar-refractivity contribution is -0.134. The smallest absolute Gasteiger partial charge is 0.227 e. The van der Waals surface area contributed by atoms with E-state index in [-0.39, 0.29) is 11.9 Å². The fourth-order valence-electron chi connectivity index (χ4n) is 1.48. The van der Waals surface area contributed by atoms with E-state index in [4.69, 9.17) is 5.53 Å². The summed E-state index contributed by atoms with van der Waals surface area (Å²) in [7, 11) is 0. The first-order valence-electron chi connectivity index (χ1n) is 4.64. The van der Waals surface area contributed by atoms with Gasteiger partial charge >= 0.3 is 0 Å². The SMILES string of the molecule is [N-]=[N+]=NC1CN(C(=O)Cc2cccs2)C1. The Balaban J connectivity index is 1.82. The number of hydrogen-bond acceptors (Lipinski definition) is 3. The average Bonchev–Trinajstić information content (AvgIpc) is 2.62. The normalized spacial score (nSPS) is 15.6. The first-order valence-corrected chi connectivity index (χ1v) is 5.52. The van der Waals surface area contributed by atoms with Crippen LogP contribution in [0.1, 0.15) is 4.88 Å². The molecule has 0 unspecified atom stereocenters. The summed E-state index contributed by atoms with van der Waals surface area (Å²) in [5.74, 6) is 0.113. The van der Waals surface area contributed by atoms with E-state index >= 15 is 0 Å². The molecule has 0 aromatic carbocycles. The van der Waals surface area contributed by atoms with Gasteiger partial charge in [-0.05, 0) is 17.0 Å². The molecule has 0 bridgehead atoms. The number of rotatable bonds is 3. The van der Waals surface area contributed by atoms with E-state index in [1.54, 1.807) is 16.2 Å². The topological polar surface area (TPSA) is 69.1 Å². The van der Waals surface area contributed by atoms with Crippen molar-refractivity contribution in [3.63, 3.8) is 0 Å². The Morgan fingerprint density at radius 3 is 3.13 bits per heavy atom. The second-order valence-corrected chi connectivity index (χ2v) is 4.45. The van der Waals surface area contributed by atoms with E-state index in [0.717, 1.165) is 4.88 Å². The van der Waals surface area contributed by atoms with Crippen molar-refractivity contribution in [2.45, 2.75) is 12.5 Å². The molecule has 6 heteroatoms. The zero-order chi connectivity index (χ0) is 10.7. The van der Waals surface area contributed by atoms with Crippen molar-refractivity contribution in [2.75, 3.05) is 13.1 Å². The fraction of sp³-hybridized carbons (Fsp3) is 0.444. The molecule has 1 amide bonds. The molecule has 1 saturated heterocycles. The maximum Gasteiger partial charge on any atom is 0.227 e. The Bertz CT molecular complexity index is 390. The van der Waals surface area contributed by atoms with Crippen molar-refractivity contribution < 1.29 is 4.79 Å². The van der Waals surface area contributed by atoms with E-state index < -0.39 is 0 Å². The minimum Gasteiger partial charge on any atom is -0.341 e. The molecular formula is C9H10N4OS. The largest absolute Gasteiger partial charge is 0.341 e. The summed E-state index contributed by atoms with van der Waals surface area (Å²) in [6.07, 6.45) is 0.459. The predicted octanol–water partition coefficient (Wildman–Crippen LogP) is 1.81. The summed E-state index contributed by atoms with van der Waals surface area (Å²) < 4.78 is 0. The molecule has 0 aliphatic carbocycles. The van der Waals surface area contributed by atoms with Gasteiger partial charge in [0.25, 0.3) is 0 Å². The highest BCUT2D eigenvalue weighted by molar-refractivity contribution is 7.10. The fourth-order valence-corrected chi connectivity index (χ4v) is 2.17. The monoisotopic (exact) mass is 222 g/mol. The molecule has 1 aliphatic heterocycles. The number of thiophene rings is 1. The van der Waals surface area contributed by atoms with Gasteiger partial charge in [0.1, 0.15) is 0 Å².